The zero-order chi connectivity index (χ0) is 17.6. The van der Waals surface area contributed by atoms with Crippen LogP contribution < -0.4 is 10.5 Å². The van der Waals surface area contributed by atoms with Gasteiger partial charge in [-0.05, 0) is 19.1 Å². The molecule has 0 saturated heterocycles. The van der Waals surface area contributed by atoms with Crippen molar-refractivity contribution in [1.82, 2.24) is 29.5 Å². The Morgan fingerprint density at radius 1 is 1.36 bits per heavy atom. The number of benzene rings is 1. The number of aromatic amines is 1. The first-order chi connectivity index (χ1) is 11.9. The molecule has 4 aromatic rings. The maximum atomic E-state index is 12.4. The average Bonchev–Trinajstić information content (AvgIpc) is 3.21. The maximum absolute atomic E-state index is 12.4. The van der Waals surface area contributed by atoms with Crippen LogP contribution in [0.3, 0.4) is 0 Å². The third-order valence-electron chi connectivity index (χ3n) is 3.52. The van der Waals surface area contributed by atoms with Gasteiger partial charge in [0.1, 0.15) is 5.01 Å². The second-order valence-corrected chi connectivity index (χ2v) is 8.07. The quantitative estimate of drug-likeness (QED) is 0.513. The normalized spacial score (nSPS) is 12.4. The lowest BCUT2D eigenvalue weighted by Crippen LogP contribution is -2.26. The molecule has 0 atom stereocenters. The van der Waals surface area contributed by atoms with E-state index in [1.807, 2.05) is 0 Å². The van der Waals surface area contributed by atoms with Gasteiger partial charge in [0.15, 0.2) is 11.4 Å². The van der Waals surface area contributed by atoms with Gasteiger partial charge in [-0.3, -0.25) is 4.98 Å². The summed E-state index contributed by atoms with van der Waals surface area (Å²) >= 11 is 1.36. The van der Waals surface area contributed by atoms with Crippen LogP contribution in [0.15, 0.2) is 32.3 Å². The Bertz CT molecular complexity index is 1230. The molecule has 0 radical (unpaired) electrons. The van der Waals surface area contributed by atoms with E-state index in [1.54, 1.807) is 11.4 Å². The Balaban J connectivity index is 1.49. The summed E-state index contributed by atoms with van der Waals surface area (Å²) in [5.74, 6) is 0.0513. The van der Waals surface area contributed by atoms with Crippen molar-refractivity contribution in [2.24, 2.45) is 0 Å². The van der Waals surface area contributed by atoms with Gasteiger partial charge < -0.3 is 4.42 Å². The van der Waals surface area contributed by atoms with E-state index in [2.05, 4.69) is 25.0 Å². The summed E-state index contributed by atoms with van der Waals surface area (Å²) < 4.78 is 33.7. The van der Waals surface area contributed by atoms with Crippen LogP contribution in [0.2, 0.25) is 0 Å². The van der Waals surface area contributed by atoms with E-state index in [-0.39, 0.29) is 17.0 Å². The molecule has 0 spiro atoms. The lowest BCUT2D eigenvalue weighted by atomic mass is 10.3. The molecule has 0 aliphatic carbocycles. The molecule has 3 aromatic heterocycles. The topological polar surface area (TPSA) is 135 Å². The predicted octanol–water partition coefficient (Wildman–Crippen LogP) is 0.450. The molecule has 3 heterocycles. The molecule has 0 unspecified atom stereocenters. The molecule has 25 heavy (non-hydrogen) atoms. The van der Waals surface area contributed by atoms with E-state index in [1.165, 1.54) is 29.5 Å². The third kappa shape index (κ3) is 2.94. The largest absolute Gasteiger partial charge is 0.417 e. The van der Waals surface area contributed by atoms with Gasteiger partial charge in [0.25, 0.3) is 0 Å². The second-order valence-electron chi connectivity index (χ2n) is 5.26. The highest BCUT2D eigenvalue weighted by atomic mass is 32.2. The summed E-state index contributed by atoms with van der Waals surface area (Å²) in [6.07, 6.45) is 0.425. The molecule has 0 aliphatic heterocycles. The molecular weight excluding hydrogens is 368 g/mol. The van der Waals surface area contributed by atoms with Crippen molar-refractivity contribution in [1.29, 1.82) is 0 Å². The zero-order valence-electron chi connectivity index (χ0n) is 12.9. The standard InChI is InChI=1S/C13H12N6O4S2/c1-7-16-17-12-19(7)18-11(24-12)4-5-14-25(21,22)8-2-3-9-10(6-8)23-13(20)15-9/h2-3,6,14H,4-5H2,1H3,(H,15,20). The Kier molecular flexibility index (Phi) is 3.67. The van der Waals surface area contributed by atoms with Crippen molar-refractivity contribution in [2.75, 3.05) is 6.54 Å². The molecule has 12 heteroatoms. The van der Waals surface area contributed by atoms with Crippen molar-refractivity contribution < 1.29 is 12.8 Å². The minimum Gasteiger partial charge on any atom is -0.408 e. The van der Waals surface area contributed by atoms with Crippen LogP contribution in [0.1, 0.15) is 10.8 Å². The van der Waals surface area contributed by atoms with Crippen molar-refractivity contribution in [3.63, 3.8) is 0 Å². The highest BCUT2D eigenvalue weighted by Crippen LogP contribution is 2.17. The highest BCUT2D eigenvalue weighted by molar-refractivity contribution is 7.89. The number of sulfonamides is 1. The first-order valence-corrected chi connectivity index (χ1v) is 9.53. The fourth-order valence-electron chi connectivity index (χ4n) is 2.32. The van der Waals surface area contributed by atoms with E-state index in [0.717, 1.165) is 5.01 Å². The monoisotopic (exact) mass is 380 g/mol. The van der Waals surface area contributed by atoms with Gasteiger partial charge >= 0.3 is 5.76 Å². The summed E-state index contributed by atoms with van der Waals surface area (Å²) in [5, 5.41) is 12.9. The number of rotatable bonds is 5. The SMILES string of the molecule is Cc1nnc2sc(CCNS(=O)(=O)c3ccc4[nH]c(=O)oc4c3)nn12. The van der Waals surface area contributed by atoms with Crippen molar-refractivity contribution in [3.8, 4) is 0 Å². The molecule has 0 saturated carbocycles. The van der Waals surface area contributed by atoms with Gasteiger partial charge in [-0.15, -0.1) is 10.2 Å². The van der Waals surface area contributed by atoms with Gasteiger partial charge in [0.05, 0.1) is 10.4 Å². The first-order valence-electron chi connectivity index (χ1n) is 7.23. The minimum atomic E-state index is -3.72. The lowest BCUT2D eigenvalue weighted by molar-refractivity contribution is 0.553. The average molecular weight is 380 g/mol. The molecule has 0 aliphatic rings. The number of aromatic nitrogens is 5. The Hall–Kier alpha value is -2.57. The number of hydrogen-bond donors (Lipinski definition) is 2. The number of oxazole rings is 1. The van der Waals surface area contributed by atoms with Crippen LogP contribution in [0.5, 0.6) is 0 Å². The highest BCUT2D eigenvalue weighted by Gasteiger charge is 2.16. The Labute approximate surface area is 144 Å². The van der Waals surface area contributed by atoms with E-state index < -0.39 is 15.8 Å². The maximum Gasteiger partial charge on any atom is 0.417 e. The lowest BCUT2D eigenvalue weighted by Gasteiger charge is -2.05. The van der Waals surface area contributed by atoms with Gasteiger partial charge in [0.2, 0.25) is 15.0 Å². The summed E-state index contributed by atoms with van der Waals surface area (Å²) in [4.78, 5) is 14.3. The van der Waals surface area contributed by atoms with Crippen LogP contribution >= 0.6 is 11.3 Å². The molecule has 4 rings (SSSR count). The molecule has 130 valence electrons. The minimum absolute atomic E-state index is 0.0248. The first kappa shape index (κ1) is 15.9. The van der Waals surface area contributed by atoms with Crippen LogP contribution in [0.4, 0.5) is 0 Å². The van der Waals surface area contributed by atoms with Crippen molar-refractivity contribution in [3.05, 3.63) is 39.6 Å². The molecular formula is C13H12N6O4S2. The van der Waals surface area contributed by atoms with E-state index in [4.69, 9.17) is 4.42 Å². The number of nitrogens with zero attached hydrogens (tertiary/aromatic N) is 4. The number of nitrogens with one attached hydrogen (secondary N) is 2. The molecule has 0 amide bonds. The summed E-state index contributed by atoms with van der Waals surface area (Å²) in [7, 11) is -3.72. The fourth-order valence-corrected chi connectivity index (χ4v) is 4.25. The van der Waals surface area contributed by atoms with E-state index >= 15 is 0 Å². The number of aryl methyl sites for hydroxylation is 1. The second kappa shape index (κ2) is 5.75. The number of fused-ring (bicyclic) bond motifs is 2. The summed E-state index contributed by atoms with van der Waals surface area (Å²) in [5.41, 5.74) is 0.635. The van der Waals surface area contributed by atoms with Crippen molar-refractivity contribution in [2.45, 2.75) is 18.2 Å². The molecule has 1 aromatic carbocycles. The van der Waals surface area contributed by atoms with Gasteiger partial charge in [-0.2, -0.15) is 9.61 Å². The van der Waals surface area contributed by atoms with Crippen LogP contribution in [-0.2, 0) is 16.4 Å². The number of H-pyrrole nitrogens is 1. The zero-order valence-corrected chi connectivity index (χ0v) is 14.5. The van der Waals surface area contributed by atoms with Crippen LogP contribution in [0.25, 0.3) is 16.1 Å². The van der Waals surface area contributed by atoms with Crippen molar-refractivity contribution >= 4 is 37.4 Å². The molecule has 2 N–H and O–H groups in total. The molecule has 0 bridgehead atoms. The third-order valence-corrected chi connectivity index (χ3v) is 5.94. The number of hydrogen-bond acceptors (Lipinski definition) is 8. The van der Waals surface area contributed by atoms with E-state index in [9.17, 15) is 13.2 Å². The van der Waals surface area contributed by atoms with Crippen LogP contribution in [-0.4, -0.2) is 39.8 Å². The smallest absolute Gasteiger partial charge is 0.408 e. The summed E-state index contributed by atoms with van der Waals surface area (Å²) in [6.45, 7) is 1.97. The molecule has 10 nitrogen and oxygen atoms in total. The van der Waals surface area contributed by atoms with Gasteiger partial charge in [-0.25, -0.2) is 17.9 Å². The Morgan fingerprint density at radius 2 is 2.20 bits per heavy atom. The fraction of sp³-hybridized carbons (Fsp3) is 0.231. The van der Waals surface area contributed by atoms with E-state index in [0.29, 0.717) is 22.7 Å². The van der Waals surface area contributed by atoms with Gasteiger partial charge in [-0.1, -0.05) is 11.3 Å². The summed E-state index contributed by atoms with van der Waals surface area (Å²) in [6, 6.07) is 4.20. The van der Waals surface area contributed by atoms with Crippen LogP contribution in [0, 0.1) is 6.92 Å². The van der Waals surface area contributed by atoms with Gasteiger partial charge in [0, 0.05) is 19.0 Å². The molecule has 0 fully saturated rings. The Morgan fingerprint density at radius 3 is 3.00 bits per heavy atom. The predicted molar refractivity (Wildman–Crippen MR) is 89.1 cm³/mol.